The number of hydrogen-bond acceptors (Lipinski definition) is 3. The number of rotatable bonds is 6. The summed E-state index contributed by atoms with van der Waals surface area (Å²) in [5, 5.41) is 0. The number of piperidine rings is 1. The van der Waals surface area contributed by atoms with Crippen LogP contribution in [0, 0.1) is 24.5 Å². The number of ketones is 1. The van der Waals surface area contributed by atoms with Crippen molar-refractivity contribution < 1.29 is 13.6 Å². The van der Waals surface area contributed by atoms with E-state index in [0.29, 0.717) is 23.1 Å². The first kappa shape index (κ1) is 21.4. The molecule has 0 spiro atoms. The number of nitrogens with one attached hydrogen (secondary N) is 1. The van der Waals surface area contributed by atoms with Crippen LogP contribution >= 0.6 is 0 Å². The maximum atomic E-state index is 14.0. The van der Waals surface area contributed by atoms with E-state index in [1.54, 1.807) is 35.8 Å². The summed E-state index contributed by atoms with van der Waals surface area (Å²) < 4.78 is 29.4. The number of nitrogens with zero attached hydrogens (tertiary/aromatic N) is 2. The number of aromatic amines is 1. The van der Waals surface area contributed by atoms with Gasteiger partial charge in [-0.3, -0.25) is 9.36 Å². The summed E-state index contributed by atoms with van der Waals surface area (Å²) in [5.74, 6) is -0.683. The third-order valence-corrected chi connectivity index (χ3v) is 6.22. The molecular formula is C24H27F2N3O2. The van der Waals surface area contributed by atoms with Crippen LogP contribution < -0.4 is 5.69 Å². The van der Waals surface area contributed by atoms with Gasteiger partial charge in [-0.2, -0.15) is 0 Å². The fourth-order valence-corrected chi connectivity index (χ4v) is 4.54. The zero-order chi connectivity index (χ0) is 22.1. The van der Waals surface area contributed by atoms with Crippen LogP contribution in [-0.2, 0) is 0 Å². The fraction of sp³-hybridized carbons (Fsp3) is 0.417. The summed E-state index contributed by atoms with van der Waals surface area (Å²) >= 11 is 0. The number of halogens is 2. The molecular weight excluding hydrogens is 400 g/mol. The smallest absolute Gasteiger partial charge is 0.303 e. The number of H-pyrrole nitrogens is 1. The molecule has 1 aromatic heterocycles. The highest BCUT2D eigenvalue weighted by molar-refractivity contribution is 5.96. The topological polar surface area (TPSA) is 58.1 Å². The van der Waals surface area contributed by atoms with E-state index in [1.165, 1.54) is 12.1 Å². The number of imidazole rings is 1. The molecule has 0 unspecified atom stereocenters. The minimum atomic E-state index is -0.419. The lowest BCUT2D eigenvalue weighted by atomic mass is 9.97. The SMILES string of the molecule is Cc1ccc(C(=O)C[C@@H](C)CN2CCC(n3c(=O)[nH]c4c(F)cccc43)CC2)cc1F. The second kappa shape index (κ2) is 8.75. The van der Waals surface area contributed by atoms with Gasteiger partial charge in [0.15, 0.2) is 5.78 Å². The minimum Gasteiger partial charge on any atom is -0.303 e. The van der Waals surface area contributed by atoms with Gasteiger partial charge in [0.1, 0.15) is 17.2 Å². The van der Waals surface area contributed by atoms with E-state index in [2.05, 4.69) is 9.88 Å². The summed E-state index contributed by atoms with van der Waals surface area (Å²) in [4.78, 5) is 29.8. The molecule has 164 valence electrons. The van der Waals surface area contributed by atoms with E-state index in [4.69, 9.17) is 0 Å². The van der Waals surface area contributed by atoms with Gasteiger partial charge in [-0.1, -0.05) is 25.1 Å². The van der Waals surface area contributed by atoms with E-state index in [9.17, 15) is 18.4 Å². The van der Waals surface area contributed by atoms with E-state index in [1.807, 2.05) is 6.92 Å². The number of hydrogen-bond donors (Lipinski definition) is 1. The van der Waals surface area contributed by atoms with Crippen molar-refractivity contribution in [3.05, 3.63) is 69.6 Å². The van der Waals surface area contributed by atoms with E-state index < -0.39 is 5.82 Å². The number of fused-ring (bicyclic) bond motifs is 1. The molecule has 5 nitrogen and oxygen atoms in total. The lowest BCUT2D eigenvalue weighted by Crippen LogP contribution is -2.39. The first-order valence-corrected chi connectivity index (χ1v) is 10.7. The number of aromatic nitrogens is 2. The first-order chi connectivity index (χ1) is 14.8. The Kier molecular flexibility index (Phi) is 6.05. The largest absolute Gasteiger partial charge is 0.326 e. The number of aryl methyl sites for hydroxylation is 1. The lowest BCUT2D eigenvalue weighted by Gasteiger charge is -2.34. The molecule has 1 saturated heterocycles. The standard InChI is InChI=1S/C24H27F2N3O2/c1-15(12-22(30)17-7-6-16(2)20(26)13-17)14-28-10-8-18(9-11-28)29-21-5-3-4-19(25)23(21)27-24(29)31/h3-7,13,15,18H,8-12,14H2,1-2H3,(H,27,31)/t15-/m1/s1. The molecule has 0 amide bonds. The highest BCUT2D eigenvalue weighted by Gasteiger charge is 2.25. The zero-order valence-electron chi connectivity index (χ0n) is 17.8. The average molecular weight is 427 g/mol. The van der Waals surface area contributed by atoms with Gasteiger partial charge >= 0.3 is 5.69 Å². The van der Waals surface area contributed by atoms with Crippen LogP contribution in [0.3, 0.4) is 0 Å². The van der Waals surface area contributed by atoms with Gasteiger partial charge in [0.05, 0.1) is 5.52 Å². The van der Waals surface area contributed by atoms with Crippen molar-refractivity contribution in [2.45, 2.75) is 39.2 Å². The Bertz CT molecular complexity index is 1160. The third-order valence-electron chi connectivity index (χ3n) is 6.22. The molecule has 31 heavy (non-hydrogen) atoms. The van der Waals surface area contributed by atoms with E-state index in [-0.39, 0.29) is 34.8 Å². The molecule has 1 aliphatic rings. The number of Topliss-reactive ketones (excluding diaryl/α,β-unsaturated/α-hetero) is 1. The van der Waals surface area contributed by atoms with Crippen molar-refractivity contribution >= 4 is 16.8 Å². The molecule has 4 rings (SSSR count). The van der Waals surface area contributed by atoms with Gasteiger partial charge < -0.3 is 9.88 Å². The quantitative estimate of drug-likeness (QED) is 0.591. The van der Waals surface area contributed by atoms with Gasteiger partial charge in [0.25, 0.3) is 0 Å². The predicted molar refractivity (Wildman–Crippen MR) is 116 cm³/mol. The first-order valence-electron chi connectivity index (χ1n) is 10.7. The van der Waals surface area contributed by atoms with Crippen LogP contribution in [0.4, 0.5) is 8.78 Å². The molecule has 0 saturated carbocycles. The van der Waals surface area contributed by atoms with Crippen molar-refractivity contribution in [1.82, 2.24) is 14.5 Å². The Morgan fingerprint density at radius 3 is 2.61 bits per heavy atom. The van der Waals surface area contributed by atoms with Crippen LogP contribution in [0.5, 0.6) is 0 Å². The predicted octanol–water partition coefficient (Wildman–Crippen LogP) is 4.46. The summed E-state index contributed by atoms with van der Waals surface area (Å²) in [6, 6.07) is 9.39. The molecule has 2 heterocycles. The van der Waals surface area contributed by atoms with Crippen LogP contribution in [0.1, 0.15) is 48.1 Å². The minimum absolute atomic E-state index is 0.0202. The monoisotopic (exact) mass is 427 g/mol. The molecule has 7 heteroatoms. The van der Waals surface area contributed by atoms with Gasteiger partial charge in [-0.15, -0.1) is 0 Å². The van der Waals surface area contributed by atoms with Crippen molar-refractivity contribution in [1.29, 1.82) is 0 Å². The summed E-state index contributed by atoms with van der Waals surface area (Å²) in [5.41, 5.74) is 1.54. The number of para-hydroxylation sites is 1. The average Bonchev–Trinajstić information content (AvgIpc) is 3.08. The van der Waals surface area contributed by atoms with E-state index >= 15 is 0 Å². The van der Waals surface area contributed by atoms with Gasteiger partial charge in [0, 0.05) is 37.7 Å². The molecule has 1 fully saturated rings. The number of benzene rings is 2. The van der Waals surface area contributed by atoms with E-state index in [0.717, 1.165) is 32.5 Å². The molecule has 2 aromatic carbocycles. The van der Waals surface area contributed by atoms with Crippen molar-refractivity contribution in [3.8, 4) is 0 Å². The lowest BCUT2D eigenvalue weighted by molar-refractivity contribution is 0.0941. The van der Waals surface area contributed by atoms with Gasteiger partial charge in [-0.05, 0) is 49.4 Å². The maximum Gasteiger partial charge on any atom is 0.326 e. The van der Waals surface area contributed by atoms with Gasteiger partial charge in [-0.25, -0.2) is 13.6 Å². The number of carbonyl (C=O) groups is 1. The zero-order valence-corrected chi connectivity index (χ0v) is 17.8. The highest BCUT2D eigenvalue weighted by atomic mass is 19.1. The van der Waals surface area contributed by atoms with Crippen molar-refractivity contribution in [3.63, 3.8) is 0 Å². The molecule has 1 aliphatic heterocycles. The summed E-state index contributed by atoms with van der Waals surface area (Å²) in [7, 11) is 0. The maximum absolute atomic E-state index is 14.0. The van der Waals surface area contributed by atoms with Crippen molar-refractivity contribution in [2.24, 2.45) is 5.92 Å². The molecule has 1 atom stereocenters. The van der Waals surface area contributed by atoms with Crippen LogP contribution in [0.15, 0.2) is 41.2 Å². The van der Waals surface area contributed by atoms with Crippen molar-refractivity contribution in [2.75, 3.05) is 19.6 Å². The highest BCUT2D eigenvalue weighted by Crippen LogP contribution is 2.26. The second-order valence-corrected chi connectivity index (χ2v) is 8.66. The normalized spacial score (nSPS) is 16.6. The molecule has 0 bridgehead atoms. The fourth-order valence-electron chi connectivity index (χ4n) is 4.54. The Labute approximate surface area is 179 Å². The Balaban J connectivity index is 1.35. The Hall–Kier alpha value is -2.80. The summed E-state index contributed by atoms with van der Waals surface area (Å²) in [6.45, 7) is 6.08. The van der Waals surface area contributed by atoms with Crippen LogP contribution in [0.2, 0.25) is 0 Å². The molecule has 0 radical (unpaired) electrons. The second-order valence-electron chi connectivity index (χ2n) is 8.66. The van der Waals surface area contributed by atoms with Gasteiger partial charge in [0.2, 0.25) is 0 Å². The number of carbonyl (C=O) groups excluding carboxylic acids is 1. The molecule has 3 aromatic rings. The Morgan fingerprint density at radius 2 is 1.90 bits per heavy atom. The third kappa shape index (κ3) is 4.46. The summed E-state index contributed by atoms with van der Waals surface area (Å²) in [6.07, 6.45) is 1.93. The molecule has 1 N–H and O–H groups in total. The Morgan fingerprint density at radius 1 is 1.16 bits per heavy atom. The van der Waals surface area contributed by atoms with Crippen LogP contribution in [0.25, 0.3) is 11.0 Å². The van der Waals surface area contributed by atoms with Crippen LogP contribution in [-0.4, -0.2) is 39.9 Å². The molecule has 0 aliphatic carbocycles. The number of likely N-dealkylation sites (tertiary alicyclic amines) is 1.